The Labute approximate surface area is 105 Å². The molecule has 0 bridgehead atoms. The zero-order chi connectivity index (χ0) is 11.3. The van der Waals surface area contributed by atoms with Gasteiger partial charge in [-0.05, 0) is 31.2 Å². The number of carbonyl (C=O) groups is 1. The van der Waals surface area contributed by atoms with Gasteiger partial charge in [-0.3, -0.25) is 4.79 Å². The lowest BCUT2D eigenvalue weighted by Gasteiger charge is -2.24. The van der Waals surface area contributed by atoms with Crippen LogP contribution < -0.4 is 10.6 Å². The second-order valence-corrected chi connectivity index (χ2v) is 4.97. The smallest absolute Gasteiger partial charge is 0.237 e. The Morgan fingerprint density at radius 3 is 2.56 bits per heavy atom. The van der Waals surface area contributed by atoms with Gasteiger partial charge >= 0.3 is 0 Å². The Balaban J connectivity index is 0.00000225. The quantitative estimate of drug-likeness (QED) is 0.799. The Hall–Kier alpha value is -0.280. The SMILES string of the molecule is CC(C)C(C)CNC(=O)C1CCCCN1.Cl. The molecule has 0 saturated carbocycles. The number of hydrogen-bond acceptors (Lipinski definition) is 2. The first kappa shape index (κ1) is 15.7. The molecule has 0 aromatic heterocycles. The van der Waals surface area contributed by atoms with Crippen LogP contribution in [0.25, 0.3) is 0 Å². The van der Waals surface area contributed by atoms with Crippen LogP contribution in [-0.2, 0) is 4.79 Å². The molecule has 0 aromatic rings. The summed E-state index contributed by atoms with van der Waals surface area (Å²) in [6.07, 6.45) is 3.36. The summed E-state index contributed by atoms with van der Waals surface area (Å²) in [6.45, 7) is 8.34. The van der Waals surface area contributed by atoms with Crippen molar-refractivity contribution < 1.29 is 4.79 Å². The van der Waals surface area contributed by atoms with Gasteiger partial charge in [0.15, 0.2) is 0 Å². The third-order valence-electron chi connectivity index (χ3n) is 3.36. The molecule has 1 amide bonds. The van der Waals surface area contributed by atoms with Gasteiger partial charge < -0.3 is 10.6 Å². The van der Waals surface area contributed by atoms with E-state index in [4.69, 9.17) is 0 Å². The summed E-state index contributed by atoms with van der Waals surface area (Å²) in [7, 11) is 0. The average Bonchev–Trinajstić information content (AvgIpc) is 2.26. The van der Waals surface area contributed by atoms with Crippen molar-refractivity contribution in [2.45, 2.75) is 46.1 Å². The third-order valence-corrected chi connectivity index (χ3v) is 3.36. The van der Waals surface area contributed by atoms with Crippen molar-refractivity contribution >= 4 is 18.3 Å². The maximum absolute atomic E-state index is 11.8. The Kier molecular flexibility index (Phi) is 7.77. The minimum absolute atomic E-state index is 0. The lowest BCUT2D eigenvalue weighted by atomic mass is 9.98. The van der Waals surface area contributed by atoms with Crippen LogP contribution >= 0.6 is 12.4 Å². The zero-order valence-corrected chi connectivity index (χ0v) is 11.4. The van der Waals surface area contributed by atoms with Crippen molar-refractivity contribution in [3.63, 3.8) is 0 Å². The fourth-order valence-electron chi connectivity index (χ4n) is 1.70. The summed E-state index contributed by atoms with van der Waals surface area (Å²) >= 11 is 0. The van der Waals surface area contributed by atoms with Crippen LogP contribution in [0.2, 0.25) is 0 Å². The lowest BCUT2D eigenvalue weighted by molar-refractivity contribution is -0.123. The molecule has 2 unspecified atom stereocenters. The van der Waals surface area contributed by atoms with Gasteiger partial charge in [0.1, 0.15) is 0 Å². The summed E-state index contributed by atoms with van der Waals surface area (Å²) in [5, 5.41) is 6.29. The molecule has 1 fully saturated rings. The highest BCUT2D eigenvalue weighted by atomic mass is 35.5. The summed E-state index contributed by atoms with van der Waals surface area (Å²) in [5.41, 5.74) is 0. The van der Waals surface area contributed by atoms with Gasteiger partial charge in [0.2, 0.25) is 5.91 Å². The minimum atomic E-state index is 0. The summed E-state index contributed by atoms with van der Waals surface area (Å²) in [4.78, 5) is 11.8. The fourth-order valence-corrected chi connectivity index (χ4v) is 1.70. The van der Waals surface area contributed by atoms with Crippen LogP contribution in [0.5, 0.6) is 0 Å². The first-order valence-electron chi connectivity index (χ1n) is 6.12. The van der Waals surface area contributed by atoms with Gasteiger partial charge in [-0.1, -0.05) is 27.2 Å². The predicted octanol–water partition coefficient (Wildman–Crippen LogP) is 1.96. The van der Waals surface area contributed by atoms with E-state index in [1.807, 2.05) is 0 Å². The molecule has 0 spiro atoms. The predicted molar refractivity (Wildman–Crippen MR) is 69.9 cm³/mol. The van der Waals surface area contributed by atoms with Crippen LogP contribution in [0, 0.1) is 11.8 Å². The topological polar surface area (TPSA) is 41.1 Å². The zero-order valence-electron chi connectivity index (χ0n) is 10.6. The lowest BCUT2D eigenvalue weighted by Crippen LogP contribution is -2.47. The molecule has 2 atom stereocenters. The van der Waals surface area contributed by atoms with E-state index in [-0.39, 0.29) is 24.4 Å². The normalized spacial score (nSPS) is 22.4. The fraction of sp³-hybridized carbons (Fsp3) is 0.917. The Bertz CT molecular complexity index is 203. The van der Waals surface area contributed by atoms with Crippen molar-refractivity contribution in [3.05, 3.63) is 0 Å². The summed E-state index contributed by atoms with van der Waals surface area (Å²) < 4.78 is 0. The highest BCUT2D eigenvalue weighted by Gasteiger charge is 2.20. The molecular formula is C12H25ClN2O. The molecule has 1 aliphatic heterocycles. The highest BCUT2D eigenvalue weighted by Crippen LogP contribution is 2.09. The molecule has 2 N–H and O–H groups in total. The molecule has 1 saturated heterocycles. The number of carbonyl (C=O) groups excluding carboxylic acids is 1. The average molecular weight is 249 g/mol. The largest absolute Gasteiger partial charge is 0.354 e. The van der Waals surface area contributed by atoms with Crippen molar-refractivity contribution in [2.75, 3.05) is 13.1 Å². The van der Waals surface area contributed by atoms with Crippen LogP contribution in [0.3, 0.4) is 0 Å². The molecule has 1 heterocycles. The summed E-state index contributed by atoms with van der Waals surface area (Å²) in [6, 6.07) is 0.0538. The van der Waals surface area contributed by atoms with E-state index in [0.717, 1.165) is 19.5 Å². The molecular weight excluding hydrogens is 224 g/mol. The molecule has 96 valence electrons. The highest BCUT2D eigenvalue weighted by molar-refractivity contribution is 5.85. The van der Waals surface area contributed by atoms with Crippen LogP contribution in [0.15, 0.2) is 0 Å². The summed E-state index contributed by atoms with van der Waals surface area (Å²) in [5.74, 6) is 1.37. The monoisotopic (exact) mass is 248 g/mol. The minimum Gasteiger partial charge on any atom is -0.354 e. The van der Waals surface area contributed by atoms with Gasteiger partial charge in [-0.2, -0.15) is 0 Å². The van der Waals surface area contributed by atoms with Crippen LogP contribution in [-0.4, -0.2) is 25.0 Å². The Morgan fingerprint density at radius 2 is 2.06 bits per heavy atom. The van der Waals surface area contributed by atoms with Crippen molar-refractivity contribution in [2.24, 2.45) is 11.8 Å². The maximum Gasteiger partial charge on any atom is 0.237 e. The van der Waals surface area contributed by atoms with Gasteiger partial charge in [0, 0.05) is 6.54 Å². The first-order valence-corrected chi connectivity index (χ1v) is 6.12. The number of amides is 1. The molecule has 1 aliphatic rings. The number of halogens is 1. The molecule has 3 nitrogen and oxygen atoms in total. The van der Waals surface area contributed by atoms with Crippen molar-refractivity contribution in [1.82, 2.24) is 10.6 Å². The van der Waals surface area contributed by atoms with Gasteiger partial charge in [0.25, 0.3) is 0 Å². The number of nitrogens with one attached hydrogen (secondary N) is 2. The third kappa shape index (κ3) is 5.17. The van der Waals surface area contributed by atoms with Crippen LogP contribution in [0.1, 0.15) is 40.0 Å². The van der Waals surface area contributed by atoms with Crippen molar-refractivity contribution in [3.8, 4) is 0 Å². The van der Waals surface area contributed by atoms with Gasteiger partial charge in [-0.25, -0.2) is 0 Å². The van der Waals surface area contributed by atoms with E-state index in [1.165, 1.54) is 12.8 Å². The van der Waals surface area contributed by atoms with Crippen molar-refractivity contribution in [1.29, 1.82) is 0 Å². The second kappa shape index (κ2) is 7.91. The first-order chi connectivity index (χ1) is 7.11. The van der Waals surface area contributed by atoms with E-state index >= 15 is 0 Å². The van der Waals surface area contributed by atoms with E-state index in [0.29, 0.717) is 11.8 Å². The second-order valence-electron chi connectivity index (χ2n) is 4.97. The number of rotatable bonds is 4. The van der Waals surface area contributed by atoms with Gasteiger partial charge in [-0.15, -0.1) is 12.4 Å². The Morgan fingerprint density at radius 1 is 1.38 bits per heavy atom. The number of piperidine rings is 1. The molecule has 0 aromatic carbocycles. The van der Waals surface area contributed by atoms with E-state index in [1.54, 1.807) is 0 Å². The molecule has 0 aliphatic carbocycles. The maximum atomic E-state index is 11.8. The van der Waals surface area contributed by atoms with Crippen LogP contribution in [0.4, 0.5) is 0 Å². The van der Waals surface area contributed by atoms with E-state index in [2.05, 4.69) is 31.4 Å². The van der Waals surface area contributed by atoms with E-state index in [9.17, 15) is 4.79 Å². The standard InChI is InChI=1S/C12H24N2O.ClH/c1-9(2)10(3)8-14-12(15)11-6-4-5-7-13-11;/h9-11,13H,4-8H2,1-3H3,(H,14,15);1H. The van der Waals surface area contributed by atoms with E-state index < -0.39 is 0 Å². The molecule has 0 radical (unpaired) electrons. The number of hydrogen-bond donors (Lipinski definition) is 2. The van der Waals surface area contributed by atoms with Gasteiger partial charge in [0.05, 0.1) is 6.04 Å². The molecule has 4 heteroatoms. The molecule has 16 heavy (non-hydrogen) atoms. The molecule has 1 rings (SSSR count).